The predicted octanol–water partition coefficient (Wildman–Crippen LogP) is 6.57. The van der Waals surface area contributed by atoms with E-state index >= 15 is 0 Å². The molecule has 2 amide bonds. The van der Waals surface area contributed by atoms with Gasteiger partial charge >= 0.3 is 0 Å². The van der Waals surface area contributed by atoms with Gasteiger partial charge in [-0.05, 0) is 48.2 Å². The minimum absolute atomic E-state index is 0.0153. The van der Waals surface area contributed by atoms with E-state index < -0.39 is 6.04 Å². The molecular weight excluding hydrogens is 478 g/mol. The van der Waals surface area contributed by atoms with E-state index in [-0.39, 0.29) is 24.8 Å². The monoisotopic (exact) mass is 502 g/mol. The second-order valence-corrected chi connectivity index (χ2v) is 8.84. The van der Waals surface area contributed by atoms with Gasteiger partial charge in [-0.15, -0.1) is 0 Å². The van der Waals surface area contributed by atoms with Crippen molar-refractivity contribution in [2.45, 2.75) is 52.1 Å². The summed E-state index contributed by atoms with van der Waals surface area (Å²) >= 11 is 24.7. The van der Waals surface area contributed by atoms with Gasteiger partial charge in [0.15, 0.2) is 0 Å². The van der Waals surface area contributed by atoms with E-state index in [0.717, 1.165) is 18.4 Å². The zero-order chi connectivity index (χ0) is 23.0. The SMILES string of the molecule is CCCCNC(=O)[C@H](CC)N(Cc1ccc(Cl)c(Cl)c1)C(=O)Cc1c(Cl)cccc1Cl. The molecule has 0 fully saturated rings. The fourth-order valence-electron chi connectivity index (χ4n) is 3.21. The van der Waals surface area contributed by atoms with Crippen LogP contribution in [0.5, 0.6) is 0 Å². The highest BCUT2D eigenvalue weighted by molar-refractivity contribution is 6.42. The van der Waals surface area contributed by atoms with Crippen LogP contribution in [-0.2, 0) is 22.6 Å². The lowest BCUT2D eigenvalue weighted by molar-refractivity contribution is -0.140. The second-order valence-electron chi connectivity index (χ2n) is 7.22. The molecule has 0 aliphatic rings. The number of hydrogen-bond acceptors (Lipinski definition) is 2. The van der Waals surface area contributed by atoms with Crippen LogP contribution >= 0.6 is 46.4 Å². The first-order valence-electron chi connectivity index (χ1n) is 10.2. The Balaban J connectivity index is 2.33. The lowest BCUT2D eigenvalue weighted by Crippen LogP contribution is -2.49. The van der Waals surface area contributed by atoms with E-state index in [1.807, 2.05) is 6.92 Å². The van der Waals surface area contributed by atoms with Gasteiger partial charge in [0.05, 0.1) is 16.5 Å². The molecule has 31 heavy (non-hydrogen) atoms. The van der Waals surface area contributed by atoms with Crippen molar-refractivity contribution in [3.05, 3.63) is 67.6 Å². The molecule has 0 aromatic heterocycles. The van der Waals surface area contributed by atoms with Gasteiger partial charge in [-0.1, -0.05) is 78.8 Å². The van der Waals surface area contributed by atoms with Gasteiger partial charge in [0, 0.05) is 23.1 Å². The van der Waals surface area contributed by atoms with Crippen LogP contribution in [0.2, 0.25) is 20.1 Å². The van der Waals surface area contributed by atoms with Crippen molar-refractivity contribution in [2.75, 3.05) is 6.54 Å². The number of amides is 2. The Morgan fingerprint density at radius 1 is 0.968 bits per heavy atom. The first-order chi connectivity index (χ1) is 14.8. The molecule has 2 aromatic rings. The Labute approximate surface area is 203 Å². The van der Waals surface area contributed by atoms with E-state index in [1.165, 1.54) is 0 Å². The summed E-state index contributed by atoms with van der Waals surface area (Å²) < 4.78 is 0. The van der Waals surface area contributed by atoms with Crippen LogP contribution in [0.15, 0.2) is 36.4 Å². The lowest BCUT2D eigenvalue weighted by Gasteiger charge is -2.31. The third kappa shape index (κ3) is 7.28. The summed E-state index contributed by atoms with van der Waals surface area (Å²) in [6.07, 6.45) is 2.28. The summed E-state index contributed by atoms with van der Waals surface area (Å²) in [5.74, 6) is -0.437. The van der Waals surface area contributed by atoms with Crippen molar-refractivity contribution >= 4 is 58.2 Å². The van der Waals surface area contributed by atoms with Gasteiger partial charge < -0.3 is 10.2 Å². The van der Waals surface area contributed by atoms with Crippen LogP contribution < -0.4 is 5.32 Å². The third-order valence-electron chi connectivity index (χ3n) is 4.94. The first kappa shape index (κ1) is 25.8. The summed E-state index contributed by atoms with van der Waals surface area (Å²) in [6, 6.07) is 9.63. The van der Waals surface area contributed by atoms with E-state index in [2.05, 4.69) is 12.2 Å². The summed E-state index contributed by atoms with van der Waals surface area (Å²) in [5, 5.41) is 4.57. The molecule has 0 unspecified atom stereocenters. The Morgan fingerprint density at radius 2 is 1.65 bits per heavy atom. The number of unbranched alkanes of at least 4 members (excludes halogenated alkanes) is 1. The van der Waals surface area contributed by atoms with E-state index in [9.17, 15) is 9.59 Å². The highest BCUT2D eigenvalue weighted by Gasteiger charge is 2.29. The topological polar surface area (TPSA) is 49.4 Å². The minimum Gasteiger partial charge on any atom is -0.354 e. The predicted molar refractivity (Wildman–Crippen MR) is 129 cm³/mol. The van der Waals surface area contributed by atoms with Crippen LogP contribution in [0, 0.1) is 0 Å². The molecule has 0 radical (unpaired) electrons. The number of carbonyl (C=O) groups excluding carboxylic acids is 2. The van der Waals surface area contributed by atoms with Gasteiger partial charge in [0.1, 0.15) is 6.04 Å². The molecule has 8 heteroatoms. The van der Waals surface area contributed by atoms with E-state index in [0.29, 0.717) is 38.6 Å². The first-order valence-corrected chi connectivity index (χ1v) is 11.7. The molecule has 4 nitrogen and oxygen atoms in total. The van der Waals surface area contributed by atoms with Crippen molar-refractivity contribution in [1.29, 1.82) is 0 Å². The zero-order valence-corrected chi connectivity index (χ0v) is 20.6. The molecule has 0 bridgehead atoms. The quantitative estimate of drug-likeness (QED) is 0.373. The average molecular weight is 504 g/mol. The largest absolute Gasteiger partial charge is 0.354 e. The number of halogens is 4. The van der Waals surface area contributed by atoms with Gasteiger partial charge in [0.25, 0.3) is 0 Å². The summed E-state index contributed by atoms with van der Waals surface area (Å²) in [7, 11) is 0. The van der Waals surface area contributed by atoms with Crippen LogP contribution in [-0.4, -0.2) is 29.3 Å². The summed E-state index contributed by atoms with van der Waals surface area (Å²) in [6.45, 7) is 4.70. The molecule has 0 heterocycles. The second kappa shape index (κ2) is 12.5. The molecule has 0 spiro atoms. The van der Waals surface area contributed by atoms with Gasteiger partial charge in [-0.2, -0.15) is 0 Å². The number of benzene rings is 2. The molecule has 0 aliphatic carbocycles. The van der Waals surface area contributed by atoms with Crippen LogP contribution in [0.4, 0.5) is 0 Å². The Kier molecular flexibility index (Phi) is 10.4. The van der Waals surface area contributed by atoms with E-state index in [1.54, 1.807) is 41.3 Å². The Morgan fingerprint density at radius 3 is 2.23 bits per heavy atom. The van der Waals surface area contributed by atoms with Crippen molar-refractivity contribution in [2.24, 2.45) is 0 Å². The normalized spacial score (nSPS) is 11.8. The van der Waals surface area contributed by atoms with Gasteiger partial charge in [-0.25, -0.2) is 0 Å². The summed E-state index contributed by atoms with van der Waals surface area (Å²) in [5.41, 5.74) is 1.31. The highest BCUT2D eigenvalue weighted by atomic mass is 35.5. The number of hydrogen-bond donors (Lipinski definition) is 1. The molecule has 0 aliphatic heterocycles. The molecule has 0 saturated carbocycles. The van der Waals surface area contributed by atoms with Crippen molar-refractivity contribution < 1.29 is 9.59 Å². The molecule has 2 rings (SSSR count). The zero-order valence-electron chi connectivity index (χ0n) is 17.6. The highest BCUT2D eigenvalue weighted by Crippen LogP contribution is 2.27. The average Bonchev–Trinajstić information content (AvgIpc) is 2.73. The molecule has 0 saturated heterocycles. The maximum absolute atomic E-state index is 13.4. The van der Waals surface area contributed by atoms with Crippen molar-refractivity contribution in [1.82, 2.24) is 10.2 Å². The van der Waals surface area contributed by atoms with Crippen LogP contribution in [0.25, 0.3) is 0 Å². The minimum atomic E-state index is -0.639. The smallest absolute Gasteiger partial charge is 0.242 e. The molecule has 2 aromatic carbocycles. The van der Waals surface area contributed by atoms with Crippen LogP contribution in [0.1, 0.15) is 44.2 Å². The van der Waals surface area contributed by atoms with Crippen molar-refractivity contribution in [3.63, 3.8) is 0 Å². The maximum atomic E-state index is 13.4. The Hall–Kier alpha value is -1.46. The number of nitrogens with one attached hydrogen (secondary N) is 1. The van der Waals surface area contributed by atoms with Gasteiger partial charge in [-0.3, -0.25) is 9.59 Å². The lowest BCUT2D eigenvalue weighted by atomic mass is 10.1. The number of nitrogens with zero attached hydrogens (tertiary/aromatic N) is 1. The summed E-state index contributed by atoms with van der Waals surface area (Å²) in [4.78, 5) is 27.8. The number of rotatable bonds is 10. The fraction of sp³-hybridized carbons (Fsp3) is 0.391. The molecular formula is C23H26Cl4N2O2. The molecule has 168 valence electrons. The standard InChI is InChI=1S/C23H26Cl4N2O2/c1-3-5-11-28-23(31)21(4-2)29(14-15-9-10-19(26)20(27)12-15)22(30)13-16-17(24)7-6-8-18(16)25/h6-10,12,21H,3-5,11,13-14H2,1-2H3,(H,28,31)/t21-/m0/s1. The van der Waals surface area contributed by atoms with E-state index in [4.69, 9.17) is 46.4 Å². The van der Waals surface area contributed by atoms with Gasteiger partial charge in [0.2, 0.25) is 11.8 Å². The number of carbonyl (C=O) groups is 2. The van der Waals surface area contributed by atoms with Crippen molar-refractivity contribution in [3.8, 4) is 0 Å². The maximum Gasteiger partial charge on any atom is 0.242 e. The fourth-order valence-corrected chi connectivity index (χ4v) is 4.07. The molecule has 1 atom stereocenters. The Bertz CT molecular complexity index is 900. The van der Waals surface area contributed by atoms with Crippen LogP contribution in [0.3, 0.4) is 0 Å². The third-order valence-corrected chi connectivity index (χ3v) is 6.39. The molecule has 1 N–H and O–H groups in total.